The van der Waals surface area contributed by atoms with Gasteiger partial charge in [0.15, 0.2) is 5.96 Å². The second-order valence-corrected chi connectivity index (χ2v) is 5.37. The summed E-state index contributed by atoms with van der Waals surface area (Å²) < 4.78 is 28.9. The minimum Gasteiger partial charge on any atom is -0.435 e. The maximum atomic E-state index is 12.2. The Morgan fingerprint density at radius 3 is 2.24 bits per heavy atom. The van der Waals surface area contributed by atoms with E-state index in [0.29, 0.717) is 24.1 Å². The predicted octanol–water partition coefficient (Wildman–Crippen LogP) is 4.42. The number of halogens is 4. The normalized spacial score (nSPS) is 11.0. The summed E-state index contributed by atoms with van der Waals surface area (Å²) in [6.45, 7) is -1.84. The Morgan fingerprint density at radius 2 is 1.68 bits per heavy atom. The molecule has 0 saturated carbocycles. The van der Waals surface area contributed by atoms with Gasteiger partial charge in [0.1, 0.15) is 5.75 Å². The fourth-order valence-electron chi connectivity index (χ4n) is 2.07. The minimum absolute atomic E-state index is 0. The van der Waals surface area contributed by atoms with E-state index >= 15 is 0 Å². The summed E-state index contributed by atoms with van der Waals surface area (Å²) in [6, 6.07) is 14.0. The maximum absolute atomic E-state index is 12.2. The molecule has 0 aromatic heterocycles. The molecule has 0 radical (unpaired) electrons. The Bertz CT molecular complexity index is 701. The van der Waals surface area contributed by atoms with Crippen molar-refractivity contribution < 1.29 is 13.5 Å². The average molecular weight is 482 g/mol. The number of rotatable bonds is 6. The molecule has 2 aromatic carbocycles. The van der Waals surface area contributed by atoms with Gasteiger partial charge in [-0.15, -0.1) is 24.0 Å². The van der Waals surface area contributed by atoms with E-state index in [9.17, 15) is 8.78 Å². The van der Waals surface area contributed by atoms with Crippen LogP contribution in [0.3, 0.4) is 0 Å². The fraction of sp³-hybridized carbons (Fsp3) is 0.235. The molecule has 2 aromatic rings. The van der Waals surface area contributed by atoms with E-state index in [4.69, 9.17) is 11.6 Å². The van der Waals surface area contributed by atoms with Crippen LogP contribution >= 0.6 is 35.6 Å². The lowest BCUT2D eigenvalue weighted by Gasteiger charge is -2.13. The fourth-order valence-corrected chi connectivity index (χ4v) is 2.28. The molecule has 4 nitrogen and oxygen atoms in total. The van der Waals surface area contributed by atoms with Crippen LogP contribution in [0, 0.1) is 0 Å². The molecule has 0 aliphatic carbocycles. The second kappa shape index (κ2) is 11.1. The third-order valence-electron chi connectivity index (χ3n) is 3.16. The summed E-state index contributed by atoms with van der Waals surface area (Å²) >= 11 is 5.95. The van der Waals surface area contributed by atoms with Crippen molar-refractivity contribution in [2.75, 3.05) is 7.05 Å². The molecule has 0 heterocycles. The lowest BCUT2D eigenvalue weighted by Crippen LogP contribution is -2.36. The lowest BCUT2D eigenvalue weighted by atomic mass is 10.2. The molecule has 0 aliphatic heterocycles. The number of aliphatic imine (C=N–C) groups is 1. The molecule has 0 spiro atoms. The number of nitrogens with one attached hydrogen (secondary N) is 2. The zero-order valence-corrected chi connectivity index (χ0v) is 16.6. The first-order valence-electron chi connectivity index (χ1n) is 7.29. The monoisotopic (exact) mass is 481 g/mol. The van der Waals surface area contributed by atoms with E-state index in [1.165, 1.54) is 6.07 Å². The summed E-state index contributed by atoms with van der Waals surface area (Å²) in [5.74, 6) is 0.723. The number of alkyl halides is 2. The van der Waals surface area contributed by atoms with Crippen LogP contribution in [0.25, 0.3) is 0 Å². The number of ether oxygens (including phenoxy) is 1. The van der Waals surface area contributed by atoms with Crippen LogP contribution in [0.4, 0.5) is 8.78 Å². The van der Waals surface area contributed by atoms with Gasteiger partial charge < -0.3 is 15.4 Å². The molecule has 25 heavy (non-hydrogen) atoms. The van der Waals surface area contributed by atoms with Crippen molar-refractivity contribution >= 4 is 41.5 Å². The maximum Gasteiger partial charge on any atom is 0.387 e. The molecule has 0 saturated heterocycles. The Morgan fingerprint density at radius 1 is 1.08 bits per heavy atom. The van der Waals surface area contributed by atoms with Gasteiger partial charge in [0.25, 0.3) is 0 Å². The molecule has 0 fully saturated rings. The molecular formula is C17H19ClF2IN3O. The van der Waals surface area contributed by atoms with Gasteiger partial charge in [-0.05, 0) is 35.4 Å². The van der Waals surface area contributed by atoms with Gasteiger partial charge in [-0.2, -0.15) is 8.78 Å². The Hall–Kier alpha value is -1.61. The van der Waals surface area contributed by atoms with Gasteiger partial charge in [0, 0.05) is 25.2 Å². The summed E-state index contributed by atoms with van der Waals surface area (Å²) in [5, 5.41) is 6.95. The Kier molecular flexibility index (Phi) is 9.51. The number of benzene rings is 2. The first-order valence-corrected chi connectivity index (χ1v) is 7.67. The van der Waals surface area contributed by atoms with Crippen LogP contribution in [-0.4, -0.2) is 19.6 Å². The first-order chi connectivity index (χ1) is 11.6. The van der Waals surface area contributed by atoms with Crippen LogP contribution in [0.5, 0.6) is 5.75 Å². The van der Waals surface area contributed by atoms with E-state index in [-0.39, 0.29) is 29.7 Å². The first kappa shape index (κ1) is 21.4. The third-order valence-corrected chi connectivity index (χ3v) is 3.39. The number of guanidine groups is 1. The highest BCUT2D eigenvalue weighted by Crippen LogP contribution is 2.15. The quantitative estimate of drug-likeness (QED) is 0.365. The molecule has 136 valence electrons. The van der Waals surface area contributed by atoms with Crippen LogP contribution in [0.1, 0.15) is 11.1 Å². The molecule has 0 atom stereocenters. The SMILES string of the molecule is CN=C(NCc1cccc(Cl)c1)NCc1cccc(OC(F)F)c1.I. The van der Waals surface area contributed by atoms with E-state index in [2.05, 4.69) is 20.4 Å². The third kappa shape index (κ3) is 7.87. The van der Waals surface area contributed by atoms with Crippen molar-refractivity contribution in [3.8, 4) is 5.75 Å². The number of hydrogen-bond donors (Lipinski definition) is 2. The minimum atomic E-state index is -2.83. The van der Waals surface area contributed by atoms with Crippen molar-refractivity contribution in [3.63, 3.8) is 0 Å². The van der Waals surface area contributed by atoms with Gasteiger partial charge in [0.05, 0.1) is 0 Å². The van der Waals surface area contributed by atoms with Crippen LogP contribution < -0.4 is 15.4 Å². The summed E-state index contributed by atoms with van der Waals surface area (Å²) in [5.41, 5.74) is 1.83. The number of nitrogens with zero attached hydrogens (tertiary/aromatic N) is 1. The molecule has 0 unspecified atom stereocenters. The van der Waals surface area contributed by atoms with Gasteiger partial charge in [-0.25, -0.2) is 0 Å². The second-order valence-electron chi connectivity index (χ2n) is 4.94. The molecular weight excluding hydrogens is 463 g/mol. The van der Waals surface area contributed by atoms with Gasteiger partial charge in [-0.3, -0.25) is 4.99 Å². The van der Waals surface area contributed by atoms with E-state index in [1.807, 2.05) is 30.3 Å². The topological polar surface area (TPSA) is 45.7 Å². The predicted molar refractivity (Wildman–Crippen MR) is 107 cm³/mol. The van der Waals surface area contributed by atoms with Crippen molar-refractivity contribution in [2.45, 2.75) is 19.7 Å². The summed E-state index contributed by atoms with van der Waals surface area (Å²) in [6.07, 6.45) is 0. The zero-order valence-electron chi connectivity index (χ0n) is 13.5. The molecule has 0 amide bonds. The molecule has 0 bridgehead atoms. The van der Waals surface area contributed by atoms with Crippen molar-refractivity contribution in [3.05, 3.63) is 64.7 Å². The summed E-state index contributed by atoms with van der Waals surface area (Å²) in [7, 11) is 1.66. The summed E-state index contributed by atoms with van der Waals surface area (Å²) in [4.78, 5) is 4.12. The molecule has 8 heteroatoms. The van der Waals surface area contributed by atoms with Crippen molar-refractivity contribution in [1.82, 2.24) is 10.6 Å². The molecule has 2 rings (SSSR count). The molecule has 2 N–H and O–H groups in total. The smallest absolute Gasteiger partial charge is 0.387 e. The van der Waals surface area contributed by atoms with Crippen molar-refractivity contribution in [1.29, 1.82) is 0 Å². The highest BCUT2D eigenvalue weighted by molar-refractivity contribution is 14.0. The number of hydrogen-bond acceptors (Lipinski definition) is 2. The van der Waals surface area contributed by atoms with Crippen LogP contribution in [0.15, 0.2) is 53.5 Å². The largest absolute Gasteiger partial charge is 0.435 e. The van der Waals surface area contributed by atoms with Crippen molar-refractivity contribution in [2.24, 2.45) is 4.99 Å². The van der Waals surface area contributed by atoms with E-state index in [0.717, 1.165) is 11.1 Å². The van der Waals surface area contributed by atoms with Crippen LogP contribution in [0.2, 0.25) is 5.02 Å². The van der Waals surface area contributed by atoms with Gasteiger partial charge in [0.2, 0.25) is 0 Å². The average Bonchev–Trinajstić information content (AvgIpc) is 2.55. The van der Waals surface area contributed by atoms with Gasteiger partial charge in [-0.1, -0.05) is 35.9 Å². The van der Waals surface area contributed by atoms with E-state index < -0.39 is 6.61 Å². The Balaban J connectivity index is 0.00000312. The lowest BCUT2D eigenvalue weighted by molar-refractivity contribution is -0.0498. The van der Waals surface area contributed by atoms with Gasteiger partial charge >= 0.3 is 6.61 Å². The van der Waals surface area contributed by atoms with E-state index in [1.54, 1.807) is 19.2 Å². The highest BCUT2D eigenvalue weighted by atomic mass is 127. The standard InChI is InChI=1S/C17H18ClF2N3O.HI/c1-21-17(22-10-12-4-2-6-14(18)8-12)23-11-13-5-3-7-15(9-13)24-16(19)20;/h2-9,16H,10-11H2,1H3,(H2,21,22,23);1H. The molecule has 0 aliphatic rings. The zero-order chi connectivity index (χ0) is 17.4. The highest BCUT2D eigenvalue weighted by Gasteiger charge is 2.05. The van der Waals surface area contributed by atoms with Crippen LogP contribution in [-0.2, 0) is 13.1 Å². The Labute approximate surface area is 167 Å².